The summed E-state index contributed by atoms with van der Waals surface area (Å²) in [7, 11) is 3.47. The molecule has 0 aromatic heterocycles. The number of hydrogen-bond acceptors (Lipinski definition) is 4. The molecular formula is C18H31ClN2O3. The maximum atomic E-state index is 12.1. The van der Waals surface area contributed by atoms with Crippen LogP contribution in [0, 0.1) is 5.92 Å². The molecule has 0 aliphatic heterocycles. The van der Waals surface area contributed by atoms with Crippen LogP contribution in [0.25, 0.3) is 0 Å². The lowest BCUT2D eigenvalue weighted by atomic mass is 10.1. The van der Waals surface area contributed by atoms with Crippen LogP contribution < -0.4 is 20.1 Å². The topological polar surface area (TPSA) is 59.6 Å². The van der Waals surface area contributed by atoms with Crippen molar-refractivity contribution in [1.82, 2.24) is 10.6 Å². The highest BCUT2D eigenvalue weighted by atomic mass is 35.5. The molecule has 6 heteroatoms. The minimum atomic E-state index is -0.0830. The van der Waals surface area contributed by atoms with E-state index in [4.69, 9.17) is 9.47 Å². The summed E-state index contributed by atoms with van der Waals surface area (Å²) in [5.41, 5.74) is 0.995. The van der Waals surface area contributed by atoms with Crippen LogP contribution in [-0.2, 0) is 4.79 Å². The fourth-order valence-corrected chi connectivity index (χ4v) is 2.24. The van der Waals surface area contributed by atoms with Gasteiger partial charge in [-0.1, -0.05) is 26.3 Å². The smallest absolute Gasteiger partial charge is 0.224 e. The van der Waals surface area contributed by atoms with E-state index < -0.39 is 0 Å². The van der Waals surface area contributed by atoms with Crippen molar-refractivity contribution in [2.75, 3.05) is 27.3 Å². The Hall–Kier alpha value is -1.46. The molecule has 1 rings (SSSR count). The monoisotopic (exact) mass is 358 g/mol. The Labute approximate surface area is 151 Å². The van der Waals surface area contributed by atoms with Gasteiger partial charge in [-0.05, 0) is 38.1 Å². The summed E-state index contributed by atoms with van der Waals surface area (Å²) in [6, 6.07) is 5.72. The third-order valence-electron chi connectivity index (χ3n) is 3.76. The molecule has 5 nitrogen and oxygen atoms in total. The van der Waals surface area contributed by atoms with Gasteiger partial charge in [-0.15, -0.1) is 12.4 Å². The molecule has 2 N–H and O–H groups in total. The largest absolute Gasteiger partial charge is 0.493 e. The van der Waals surface area contributed by atoms with Crippen LogP contribution in [0.15, 0.2) is 18.2 Å². The minimum Gasteiger partial charge on any atom is -0.493 e. The zero-order chi connectivity index (χ0) is 17.2. The van der Waals surface area contributed by atoms with Crippen LogP contribution >= 0.6 is 12.4 Å². The Morgan fingerprint density at radius 2 is 1.96 bits per heavy atom. The fourth-order valence-electron chi connectivity index (χ4n) is 2.24. The molecule has 0 heterocycles. The number of hydrogen-bond donors (Lipinski definition) is 2. The normalized spacial score (nSPS) is 12.7. The molecule has 0 bridgehead atoms. The van der Waals surface area contributed by atoms with E-state index in [0.717, 1.165) is 24.2 Å². The van der Waals surface area contributed by atoms with E-state index in [-0.39, 0.29) is 30.3 Å². The third kappa shape index (κ3) is 6.97. The number of methoxy groups -OCH3 is 1. The Bertz CT molecular complexity index is 497. The maximum absolute atomic E-state index is 12.1. The van der Waals surface area contributed by atoms with Crippen LogP contribution in [0.3, 0.4) is 0 Å². The number of rotatable bonds is 10. The number of unbranched alkanes of at least 4 members (excludes halogenated alkanes) is 1. The van der Waals surface area contributed by atoms with Crippen LogP contribution in [-0.4, -0.2) is 33.2 Å². The Balaban J connectivity index is 0.00000529. The lowest BCUT2D eigenvalue weighted by molar-refractivity contribution is -0.125. The molecule has 2 unspecified atom stereocenters. The second-order valence-corrected chi connectivity index (χ2v) is 5.80. The molecule has 0 saturated carbocycles. The molecule has 0 saturated heterocycles. The van der Waals surface area contributed by atoms with Gasteiger partial charge in [0.1, 0.15) is 0 Å². The Morgan fingerprint density at radius 1 is 1.25 bits per heavy atom. The van der Waals surface area contributed by atoms with Crippen molar-refractivity contribution in [2.45, 2.75) is 39.7 Å². The molecule has 0 fully saturated rings. The van der Waals surface area contributed by atoms with Crippen LogP contribution in [0.5, 0.6) is 11.5 Å². The van der Waals surface area contributed by atoms with Crippen molar-refractivity contribution < 1.29 is 14.3 Å². The van der Waals surface area contributed by atoms with Crippen molar-refractivity contribution in [3.63, 3.8) is 0 Å². The van der Waals surface area contributed by atoms with Gasteiger partial charge in [-0.2, -0.15) is 0 Å². The number of nitrogens with one attached hydrogen (secondary N) is 2. The van der Waals surface area contributed by atoms with Gasteiger partial charge in [0, 0.05) is 12.5 Å². The summed E-state index contributed by atoms with van der Waals surface area (Å²) in [5.74, 6) is 1.41. The molecule has 0 radical (unpaired) electrons. The van der Waals surface area contributed by atoms with Crippen LogP contribution in [0.2, 0.25) is 0 Å². The molecular weight excluding hydrogens is 328 g/mol. The molecule has 24 heavy (non-hydrogen) atoms. The maximum Gasteiger partial charge on any atom is 0.224 e. The van der Waals surface area contributed by atoms with Crippen LogP contribution in [0.1, 0.15) is 45.2 Å². The summed E-state index contributed by atoms with van der Waals surface area (Å²) in [4.78, 5) is 12.1. The minimum absolute atomic E-state index is 0. The van der Waals surface area contributed by atoms with Gasteiger partial charge in [0.05, 0.1) is 19.8 Å². The molecule has 1 aromatic carbocycles. The molecule has 138 valence electrons. The van der Waals surface area contributed by atoms with E-state index >= 15 is 0 Å². The molecule has 1 aromatic rings. The highest BCUT2D eigenvalue weighted by molar-refractivity contribution is 5.85. The first kappa shape index (κ1) is 22.5. The molecule has 0 aliphatic rings. The van der Waals surface area contributed by atoms with Gasteiger partial charge in [-0.25, -0.2) is 0 Å². The number of carbonyl (C=O) groups excluding carboxylic acids is 1. The second kappa shape index (κ2) is 12.0. The van der Waals surface area contributed by atoms with Crippen LogP contribution in [0.4, 0.5) is 0 Å². The lowest BCUT2D eigenvalue weighted by Crippen LogP contribution is -2.35. The highest BCUT2D eigenvalue weighted by Crippen LogP contribution is 2.30. The van der Waals surface area contributed by atoms with Crippen molar-refractivity contribution in [3.8, 4) is 11.5 Å². The van der Waals surface area contributed by atoms with Gasteiger partial charge in [0.2, 0.25) is 5.91 Å². The predicted octanol–water partition coefficient (Wildman–Crippen LogP) is 3.33. The van der Waals surface area contributed by atoms with Gasteiger partial charge in [0.25, 0.3) is 0 Å². The third-order valence-corrected chi connectivity index (χ3v) is 3.76. The van der Waals surface area contributed by atoms with Gasteiger partial charge in [-0.3, -0.25) is 4.79 Å². The summed E-state index contributed by atoms with van der Waals surface area (Å²) < 4.78 is 11.1. The fraction of sp³-hybridized carbons (Fsp3) is 0.611. The Morgan fingerprint density at radius 3 is 2.54 bits per heavy atom. The highest BCUT2D eigenvalue weighted by Gasteiger charge is 2.16. The number of ether oxygens (including phenoxy) is 2. The number of benzene rings is 1. The lowest BCUT2D eigenvalue weighted by Gasteiger charge is -2.19. The Kier molecular flexibility index (Phi) is 11.3. The summed E-state index contributed by atoms with van der Waals surface area (Å²) in [5, 5.41) is 6.04. The van der Waals surface area contributed by atoms with E-state index in [1.54, 1.807) is 7.11 Å². The quantitative estimate of drug-likeness (QED) is 0.630. The SMILES string of the molecule is CCCCOc1ccc(C(C)NC(=O)C(C)CNC)cc1OC.Cl. The molecule has 0 spiro atoms. The number of carbonyl (C=O) groups is 1. The van der Waals surface area contributed by atoms with E-state index in [2.05, 4.69) is 17.6 Å². The van der Waals surface area contributed by atoms with E-state index in [0.29, 0.717) is 18.9 Å². The first-order chi connectivity index (χ1) is 11.0. The molecule has 0 aliphatic carbocycles. The predicted molar refractivity (Wildman–Crippen MR) is 100 cm³/mol. The average Bonchev–Trinajstić information content (AvgIpc) is 2.55. The van der Waals surface area contributed by atoms with E-state index in [9.17, 15) is 4.79 Å². The second-order valence-electron chi connectivity index (χ2n) is 5.80. The van der Waals surface area contributed by atoms with Gasteiger partial charge < -0.3 is 20.1 Å². The van der Waals surface area contributed by atoms with Gasteiger partial charge in [0.15, 0.2) is 11.5 Å². The molecule has 2 atom stereocenters. The summed E-state index contributed by atoms with van der Waals surface area (Å²) in [6.07, 6.45) is 2.11. The van der Waals surface area contributed by atoms with E-state index in [1.807, 2.05) is 39.1 Å². The standard InChI is InChI=1S/C18H30N2O3.ClH/c1-6-7-10-23-16-9-8-15(11-17(16)22-5)14(3)20-18(21)13(2)12-19-4;/h8-9,11,13-14,19H,6-7,10,12H2,1-5H3,(H,20,21);1H. The summed E-state index contributed by atoms with van der Waals surface area (Å²) >= 11 is 0. The summed E-state index contributed by atoms with van der Waals surface area (Å²) in [6.45, 7) is 7.34. The van der Waals surface area contributed by atoms with Crippen molar-refractivity contribution >= 4 is 18.3 Å². The first-order valence-corrected chi connectivity index (χ1v) is 8.29. The van der Waals surface area contributed by atoms with Crippen molar-refractivity contribution in [1.29, 1.82) is 0 Å². The average molecular weight is 359 g/mol. The van der Waals surface area contributed by atoms with E-state index in [1.165, 1.54) is 0 Å². The number of amides is 1. The van der Waals surface area contributed by atoms with Crippen molar-refractivity contribution in [2.24, 2.45) is 5.92 Å². The first-order valence-electron chi connectivity index (χ1n) is 8.29. The number of halogens is 1. The molecule has 1 amide bonds. The van der Waals surface area contributed by atoms with Crippen molar-refractivity contribution in [3.05, 3.63) is 23.8 Å². The van der Waals surface area contributed by atoms with Gasteiger partial charge >= 0.3 is 0 Å². The zero-order valence-corrected chi connectivity index (χ0v) is 16.2. The zero-order valence-electron chi connectivity index (χ0n) is 15.3.